The van der Waals surface area contributed by atoms with Gasteiger partial charge in [-0.3, -0.25) is 0 Å². The van der Waals surface area contributed by atoms with Crippen LogP contribution in [0.15, 0.2) is 0 Å². The Morgan fingerprint density at radius 3 is 2.68 bits per heavy atom. The van der Waals surface area contributed by atoms with Crippen LogP contribution < -0.4 is 5.32 Å². The molecule has 3 heteroatoms. The van der Waals surface area contributed by atoms with Gasteiger partial charge in [-0.2, -0.15) is 0 Å². The molecule has 3 nitrogen and oxygen atoms in total. The normalized spacial score (nSPS) is 27.2. The molecule has 0 aromatic carbocycles. The molecule has 0 spiro atoms. The topological polar surface area (TPSA) is 35.5 Å². The highest BCUT2D eigenvalue weighted by Crippen LogP contribution is 2.29. The number of aliphatic hydroxyl groups is 1. The molecule has 1 saturated heterocycles. The summed E-state index contributed by atoms with van der Waals surface area (Å²) in [6.45, 7) is 10.9. The molecule has 0 amide bonds. The molecule has 112 valence electrons. The summed E-state index contributed by atoms with van der Waals surface area (Å²) in [4.78, 5) is 2.61. The fourth-order valence-corrected chi connectivity index (χ4v) is 3.35. The first-order chi connectivity index (χ1) is 8.92. The SMILES string of the molecule is CC1(C)CCCN(CCCC(C)(CO)NC2CC2)C1. The Labute approximate surface area is 118 Å². The van der Waals surface area contributed by atoms with E-state index in [2.05, 4.69) is 31.0 Å². The predicted molar refractivity (Wildman–Crippen MR) is 80.3 cm³/mol. The molecule has 0 bridgehead atoms. The average molecular weight is 268 g/mol. The highest BCUT2D eigenvalue weighted by Gasteiger charge is 2.32. The van der Waals surface area contributed by atoms with E-state index in [9.17, 15) is 5.11 Å². The quantitative estimate of drug-likeness (QED) is 0.744. The van der Waals surface area contributed by atoms with Gasteiger partial charge in [-0.15, -0.1) is 0 Å². The van der Waals surface area contributed by atoms with E-state index in [0.29, 0.717) is 11.5 Å². The molecule has 19 heavy (non-hydrogen) atoms. The number of aliphatic hydroxyl groups excluding tert-OH is 1. The zero-order chi connectivity index (χ0) is 13.9. The zero-order valence-corrected chi connectivity index (χ0v) is 13.0. The maximum absolute atomic E-state index is 9.61. The van der Waals surface area contributed by atoms with Gasteiger partial charge in [0.05, 0.1) is 6.61 Å². The van der Waals surface area contributed by atoms with Crippen molar-refractivity contribution in [3.63, 3.8) is 0 Å². The van der Waals surface area contributed by atoms with E-state index in [1.54, 1.807) is 0 Å². The van der Waals surface area contributed by atoms with Gasteiger partial charge in [0.15, 0.2) is 0 Å². The van der Waals surface area contributed by atoms with Crippen molar-refractivity contribution in [2.24, 2.45) is 5.41 Å². The van der Waals surface area contributed by atoms with Crippen LogP contribution in [0, 0.1) is 5.41 Å². The second kappa shape index (κ2) is 6.11. The van der Waals surface area contributed by atoms with Crippen molar-refractivity contribution in [1.82, 2.24) is 10.2 Å². The van der Waals surface area contributed by atoms with Crippen LogP contribution in [0.4, 0.5) is 0 Å². The van der Waals surface area contributed by atoms with E-state index < -0.39 is 0 Å². The monoisotopic (exact) mass is 268 g/mol. The lowest BCUT2D eigenvalue weighted by molar-refractivity contribution is 0.107. The summed E-state index contributed by atoms with van der Waals surface area (Å²) in [6.07, 6.45) is 7.54. The molecule has 1 saturated carbocycles. The van der Waals surface area contributed by atoms with Gasteiger partial charge in [-0.1, -0.05) is 13.8 Å². The molecule has 2 aliphatic rings. The van der Waals surface area contributed by atoms with Crippen LogP contribution in [0.25, 0.3) is 0 Å². The summed E-state index contributed by atoms with van der Waals surface area (Å²) < 4.78 is 0. The lowest BCUT2D eigenvalue weighted by atomic mass is 9.84. The third-order valence-corrected chi connectivity index (χ3v) is 4.66. The van der Waals surface area contributed by atoms with Crippen LogP contribution >= 0.6 is 0 Å². The lowest BCUT2D eigenvalue weighted by Crippen LogP contribution is -2.47. The second-order valence-corrected chi connectivity index (χ2v) is 7.78. The van der Waals surface area contributed by atoms with Gasteiger partial charge in [0, 0.05) is 18.1 Å². The first kappa shape index (κ1) is 15.3. The van der Waals surface area contributed by atoms with E-state index in [-0.39, 0.29) is 12.1 Å². The highest BCUT2D eigenvalue weighted by atomic mass is 16.3. The van der Waals surface area contributed by atoms with Gasteiger partial charge in [-0.05, 0) is 64.0 Å². The standard InChI is InChI=1S/C16H32N2O/c1-15(2)8-4-10-18(12-15)11-5-9-16(3,13-19)17-14-6-7-14/h14,17,19H,4-13H2,1-3H3. The van der Waals surface area contributed by atoms with E-state index in [0.717, 1.165) is 6.42 Å². The van der Waals surface area contributed by atoms with Crippen LogP contribution in [0.5, 0.6) is 0 Å². The Kier molecular flexibility index (Phi) is 4.91. The van der Waals surface area contributed by atoms with Crippen LogP contribution in [0.3, 0.4) is 0 Å². The van der Waals surface area contributed by atoms with E-state index >= 15 is 0 Å². The van der Waals surface area contributed by atoms with Gasteiger partial charge in [-0.25, -0.2) is 0 Å². The van der Waals surface area contributed by atoms with Crippen molar-refractivity contribution in [2.45, 2.75) is 70.9 Å². The molecule has 2 N–H and O–H groups in total. The van der Waals surface area contributed by atoms with Gasteiger partial charge in [0.1, 0.15) is 0 Å². The van der Waals surface area contributed by atoms with Crippen molar-refractivity contribution in [3.8, 4) is 0 Å². The first-order valence-electron chi connectivity index (χ1n) is 8.03. The van der Waals surface area contributed by atoms with Gasteiger partial charge in [0.25, 0.3) is 0 Å². The van der Waals surface area contributed by atoms with Crippen molar-refractivity contribution >= 4 is 0 Å². The van der Waals surface area contributed by atoms with Crippen molar-refractivity contribution in [3.05, 3.63) is 0 Å². The smallest absolute Gasteiger partial charge is 0.0610 e. The van der Waals surface area contributed by atoms with Crippen LogP contribution in [-0.2, 0) is 0 Å². The molecule has 2 fully saturated rings. The molecule has 2 rings (SSSR count). The van der Waals surface area contributed by atoms with Gasteiger partial charge < -0.3 is 15.3 Å². The molecule has 1 atom stereocenters. The minimum atomic E-state index is -0.0630. The fourth-order valence-electron chi connectivity index (χ4n) is 3.35. The van der Waals surface area contributed by atoms with Crippen molar-refractivity contribution in [1.29, 1.82) is 0 Å². The van der Waals surface area contributed by atoms with E-state index in [4.69, 9.17) is 0 Å². The lowest BCUT2D eigenvalue weighted by Gasteiger charge is -2.38. The Morgan fingerprint density at radius 1 is 1.37 bits per heavy atom. The molecule has 0 aromatic heterocycles. The Morgan fingerprint density at radius 2 is 2.11 bits per heavy atom. The summed E-state index contributed by atoms with van der Waals surface area (Å²) in [5.41, 5.74) is 0.428. The van der Waals surface area contributed by atoms with Gasteiger partial charge >= 0.3 is 0 Å². The van der Waals surface area contributed by atoms with Crippen molar-refractivity contribution < 1.29 is 5.11 Å². The number of nitrogens with zero attached hydrogens (tertiary/aromatic N) is 1. The number of rotatable bonds is 7. The molecular weight excluding hydrogens is 236 g/mol. The third-order valence-electron chi connectivity index (χ3n) is 4.66. The largest absolute Gasteiger partial charge is 0.394 e. The molecule has 0 radical (unpaired) electrons. The predicted octanol–water partition coefficient (Wildman–Crippen LogP) is 2.39. The molecule has 0 aromatic rings. The summed E-state index contributed by atoms with van der Waals surface area (Å²) in [5, 5.41) is 13.2. The molecular formula is C16H32N2O. The summed E-state index contributed by atoms with van der Waals surface area (Å²) >= 11 is 0. The molecule has 1 unspecified atom stereocenters. The number of piperidine rings is 1. The Bertz CT molecular complexity index is 288. The van der Waals surface area contributed by atoms with Crippen LogP contribution in [0.1, 0.15) is 59.3 Å². The number of nitrogens with one attached hydrogen (secondary N) is 1. The number of likely N-dealkylation sites (tertiary alicyclic amines) is 1. The average Bonchev–Trinajstić information content (AvgIpc) is 3.11. The number of hydrogen-bond acceptors (Lipinski definition) is 3. The Hall–Kier alpha value is -0.120. The minimum Gasteiger partial charge on any atom is -0.394 e. The minimum absolute atomic E-state index is 0.0630. The van der Waals surface area contributed by atoms with Crippen molar-refractivity contribution in [2.75, 3.05) is 26.2 Å². The number of hydrogen-bond donors (Lipinski definition) is 2. The highest BCUT2D eigenvalue weighted by molar-refractivity contribution is 4.92. The van der Waals surface area contributed by atoms with Gasteiger partial charge in [0.2, 0.25) is 0 Å². The maximum atomic E-state index is 9.61. The van der Waals surface area contributed by atoms with E-state index in [1.807, 2.05) is 0 Å². The third kappa shape index (κ3) is 5.05. The fraction of sp³-hybridized carbons (Fsp3) is 1.00. The summed E-state index contributed by atoms with van der Waals surface area (Å²) in [6, 6.07) is 0.672. The van der Waals surface area contributed by atoms with Crippen LogP contribution in [-0.4, -0.2) is 47.8 Å². The van der Waals surface area contributed by atoms with Crippen LogP contribution in [0.2, 0.25) is 0 Å². The molecule has 1 aliphatic heterocycles. The maximum Gasteiger partial charge on any atom is 0.0610 e. The van der Waals surface area contributed by atoms with E-state index in [1.165, 1.54) is 51.7 Å². The second-order valence-electron chi connectivity index (χ2n) is 7.78. The molecule has 1 aliphatic carbocycles. The Balaban J connectivity index is 1.69. The zero-order valence-electron chi connectivity index (χ0n) is 13.0. The summed E-state index contributed by atoms with van der Waals surface area (Å²) in [5.74, 6) is 0. The first-order valence-corrected chi connectivity index (χ1v) is 8.03. The summed E-state index contributed by atoms with van der Waals surface area (Å²) in [7, 11) is 0. The molecule has 1 heterocycles.